The Morgan fingerprint density at radius 3 is 2.90 bits per heavy atom. The molecule has 0 spiro atoms. The van der Waals surface area contributed by atoms with Gasteiger partial charge in [0.15, 0.2) is 0 Å². The summed E-state index contributed by atoms with van der Waals surface area (Å²) >= 11 is 0. The maximum Gasteiger partial charge on any atom is 0.433 e. The van der Waals surface area contributed by atoms with Crippen molar-refractivity contribution in [3.63, 3.8) is 0 Å². The molecule has 1 unspecified atom stereocenters. The minimum absolute atomic E-state index is 0.0422. The zero-order valence-corrected chi connectivity index (χ0v) is 12.0. The number of nitrogens with zero attached hydrogens (tertiary/aromatic N) is 2. The van der Waals surface area contributed by atoms with E-state index in [-0.39, 0.29) is 11.8 Å². The Kier molecular flexibility index (Phi) is 4.92. The van der Waals surface area contributed by atoms with Gasteiger partial charge in [0, 0.05) is 19.7 Å². The van der Waals surface area contributed by atoms with E-state index in [0.717, 1.165) is 31.5 Å². The molecule has 1 fully saturated rings. The molecular weight excluding hydrogens is 283 g/mol. The highest BCUT2D eigenvalue weighted by atomic mass is 19.4. The number of nitrogens with two attached hydrogens (primary N) is 1. The number of anilines is 2. The second kappa shape index (κ2) is 6.51. The molecule has 0 aromatic carbocycles. The number of alkyl halides is 3. The number of pyridine rings is 1. The van der Waals surface area contributed by atoms with Crippen LogP contribution in [0.15, 0.2) is 12.3 Å². The van der Waals surface area contributed by atoms with Crippen molar-refractivity contribution < 1.29 is 17.9 Å². The van der Waals surface area contributed by atoms with Gasteiger partial charge in [0.25, 0.3) is 0 Å². The molecule has 0 aliphatic carbocycles. The second-order valence-corrected chi connectivity index (χ2v) is 5.21. The molecule has 1 atom stereocenters. The fourth-order valence-electron chi connectivity index (χ4n) is 2.46. The van der Waals surface area contributed by atoms with E-state index >= 15 is 0 Å². The molecule has 7 heteroatoms. The third-order valence-corrected chi connectivity index (χ3v) is 3.48. The summed E-state index contributed by atoms with van der Waals surface area (Å²) in [6.45, 7) is 3.93. The summed E-state index contributed by atoms with van der Waals surface area (Å²) in [5, 5.41) is 0. The summed E-state index contributed by atoms with van der Waals surface area (Å²) in [5.41, 5.74) is 5.54. The molecular formula is C14H20F3N3O. The summed E-state index contributed by atoms with van der Waals surface area (Å²) in [4.78, 5) is 5.22. The maximum absolute atomic E-state index is 12.8. The predicted octanol–water partition coefficient (Wildman–Crippen LogP) is 3.08. The lowest BCUT2D eigenvalue weighted by Crippen LogP contribution is -2.40. The normalized spacial score (nSPS) is 19.8. The van der Waals surface area contributed by atoms with Gasteiger partial charge in [0.1, 0.15) is 5.69 Å². The van der Waals surface area contributed by atoms with E-state index in [2.05, 4.69) is 4.98 Å². The molecule has 0 radical (unpaired) electrons. The van der Waals surface area contributed by atoms with Gasteiger partial charge >= 0.3 is 6.18 Å². The fraction of sp³-hybridized carbons (Fsp3) is 0.643. The highest BCUT2D eigenvalue weighted by molar-refractivity contribution is 5.67. The van der Waals surface area contributed by atoms with E-state index in [1.807, 2.05) is 11.8 Å². The van der Waals surface area contributed by atoms with Crippen LogP contribution in [0, 0.1) is 0 Å². The highest BCUT2D eigenvalue weighted by Crippen LogP contribution is 2.33. The summed E-state index contributed by atoms with van der Waals surface area (Å²) in [6.07, 6.45) is -0.622. The van der Waals surface area contributed by atoms with Gasteiger partial charge in [-0.2, -0.15) is 13.2 Å². The van der Waals surface area contributed by atoms with Crippen LogP contribution in [0.5, 0.6) is 0 Å². The van der Waals surface area contributed by atoms with Gasteiger partial charge in [0.05, 0.1) is 23.7 Å². The van der Waals surface area contributed by atoms with E-state index in [1.54, 1.807) is 0 Å². The molecule has 2 heterocycles. The van der Waals surface area contributed by atoms with Crippen LogP contribution in [0.25, 0.3) is 0 Å². The number of piperidine rings is 1. The summed E-state index contributed by atoms with van der Waals surface area (Å²) < 4.78 is 44.0. The lowest BCUT2D eigenvalue weighted by Gasteiger charge is -2.35. The molecule has 0 saturated carbocycles. The minimum atomic E-state index is -4.46. The van der Waals surface area contributed by atoms with Crippen LogP contribution in [-0.2, 0) is 10.9 Å². The van der Waals surface area contributed by atoms with Gasteiger partial charge < -0.3 is 15.4 Å². The Morgan fingerprint density at radius 1 is 1.48 bits per heavy atom. The predicted molar refractivity (Wildman–Crippen MR) is 75.1 cm³/mol. The Labute approximate surface area is 122 Å². The van der Waals surface area contributed by atoms with E-state index in [4.69, 9.17) is 10.5 Å². The molecule has 4 nitrogen and oxygen atoms in total. The molecule has 2 rings (SSSR count). The molecule has 1 saturated heterocycles. The maximum atomic E-state index is 12.8. The zero-order valence-electron chi connectivity index (χ0n) is 12.0. The van der Waals surface area contributed by atoms with Crippen LogP contribution in [-0.4, -0.2) is 30.8 Å². The van der Waals surface area contributed by atoms with Crippen molar-refractivity contribution in [3.8, 4) is 0 Å². The van der Waals surface area contributed by atoms with E-state index in [9.17, 15) is 13.2 Å². The van der Waals surface area contributed by atoms with Crippen LogP contribution >= 0.6 is 0 Å². The van der Waals surface area contributed by atoms with Crippen molar-refractivity contribution in [1.29, 1.82) is 0 Å². The summed E-state index contributed by atoms with van der Waals surface area (Å²) in [5.74, 6) is 0. The number of hydrogen-bond acceptors (Lipinski definition) is 4. The first-order valence-corrected chi connectivity index (χ1v) is 7.11. The minimum Gasteiger partial charge on any atom is -0.396 e. The Balaban J connectivity index is 2.16. The van der Waals surface area contributed by atoms with Crippen LogP contribution in [0.4, 0.5) is 24.5 Å². The molecule has 2 N–H and O–H groups in total. The molecule has 21 heavy (non-hydrogen) atoms. The fourth-order valence-corrected chi connectivity index (χ4v) is 2.46. The summed E-state index contributed by atoms with van der Waals surface area (Å²) in [7, 11) is 0. The molecule has 0 amide bonds. The average Bonchev–Trinajstić information content (AvgIpc) is 2.44. The number of aromatic nitrogens is 1. The van der Waals surface area contributed by atoms with Gasteiger partial charge in [-0.3, -0.25) is 0 Å². The van der Waals surface area contributed by atoms with Gasteiger partial charge in [-0.05, 0) is 25.3 Å². The number of halogens is 3. The van der Waals surface area contributed by atoms with Crippen LogP contribution in [0.1, 0.15) is 31.9 Å². The molecule has 118 valence electrons. The third-order valence-electron chi connectivity index (χ3n) is 3.48. The second-order valence-electron chi connectivity index (χ2n) is 5.21. The number of rotatable bonds is 4. The lowest BCUT2D eigenvalue weighted by molar-refractivity contribution is -0.141. The first-order chi connectivity index (χ1) is 9.91. The Bertz CT molecular complexity index is 479. The van der Waals surface area contributed by atoms with Crippen molar-refractivity contribution in [1.82, 2.24) is 4.98 Å². The van der Waals surface area contributed by atoms with Crippen LogP contribution in [0.3, 0.4) is 0 Å². The van der Waals surface area contributed by atoms with Gasteiger partial charge in [-0.1, -0.05) is 6.92 Å². The smallest absolute Gasteiger partial charge is 0.396 e. The highest BCUT2D eigenvalue weighted by Gasteiger charge is 2.34. The average molecular weight is 303 g/mol. The van der Waals surface area contributed by atoms with E-state index in [1.165, 1.54) is 0 Å². The number of ether oxygens (including phenoxy) is 1. The van der Waals surface area contributed by atoms with Crippen molar-refractivity contribution in [2.45, 2.75) is 38.5 Å². The molecule has 1 aliphatic rings. The molecule has 1 aromatic rings. The van der Waals surface area contributed by atoms with E-state index < -0.39 is 11.9 Å². The van der Waals surface area contributed by atoms with Crippen molar-refractivity contribution in [2.24, 2.45) is 0 Å². The quantitative estimate of drug-likeness (QED) is 0.928. The number of hydrogen-bond donors (Lipinski definition) is 1. The van der Waals surface area contributed by atoms with Gasteiger partial charge in [0.2, 0.25) is 0 Å². The first kappa shape index (κ1) is 15.9. The van der Waals surface area contributed by atoms with E-state index in [0.29, 0.717) is 25.4 Å². The van der Waals surface area contributed by atoms with Crippen molar-refractivity contribution >= 4 is 11.4 Å². The molecule has 1 aromatic heterocycles. The zero-order chi connectivity index (χ0) is 15.5. The topological polar surface area (TPSA) is 51.4 Å². The van der Waals surface area contributed by atoms with Crippen LogP contribution in [0.2, 0.25) is 0 Å². The Hall–Kier alpha value is -1.50. The number of nitrogen functional groups attached to an aromatic ring is 1. The van der Waals surface area contributed by atoms with Crippen molar-refractivity contribution in [2.75, 3.05) is 30.3 Å². The Morgan fingerprint density at radius 2 is 2.24 bits per heavy atom. The van der Waals surface area contributed by atoms with Crippen molar-refractivity contribution in [3.05, 3.63) is 18.0 Å². The largest absolute Gasteiger partial charge is 0.433 e. The van der Waals surface area contributed by atoms with Gasteiger partial charge in [-0.25, -0.2) is 4.98 Å². The SMILES string of the molecule is CCCOC1CCCN(c2cc(C(F)(F)F)ncc2N)C1. The molecule has 0 bridgehead atoms. The lowest BCUT2D eigenvalue weighted by atomic mass is 10.1. The molecule has 1 aliphatic heterocycles. The first-order valence-electron chi connectivity index (χ1n) is 7.11. The summed E-state index contributed by atoms with van der Waals surface area (Å²) in [6, 6.07) is 1.03. The van der Waals surface area contributed by atoms with Crippen LogP contribution < -0.4 is 10.6 Å². The third kappa shape index (κ3) is 4.00. The standard InChI is InChI=1S/C14H20F3N3O/c1-2-6-21-10-4-3-5-20(9-10)12-7-13(14(15,16)17)19-8-11(12)18/h7-8,10H,2-6,9,18H2,1H3. The van der Waals surface area contributed by atoms with Gasteiger partial charge in [-0.15, -0.1) is 0 Å². The monoisotopic (exact) mass is 303 g/mol.